The van der Waals surface area contributed by atoms with Crippen LogP contribution in [-0.4, -0.2) is 46.7 Å². The van der Waals surface area contributed by atoms with Crippen LogP contribution in [0.25, 0.3) is 0 Å². The number of hydrogen-bond donors (Lipinski definition) is 1. The van der Waals surface area contributed by atoms with E-state index >= 15 is 0 Å². The van der Waals surface area contributed by atoms with Gasteiger partial charge in [-0.1, -0.05) is 18.2 Å². The standard InChI is InChI=1S/C19H25N5S.HI/c1-15-21-10-8-17(23-15)12-22-19(20-2)24-11-9-16(13-24)14-25-18-6-4-3-5-7-18;/h3-8,10,16H,9,11-14H2,1-2H3,(H,20,22);1H. The van der Waals surface area contributed by atoms with Crippen molar-refractivity contribution in [1.82, 2.24) is 20.2 Å². The minimum Gasteiger partial charge on any atom is -0.351 e. The van der Waals surface area contributed by atoms with Gasteiger partial charge in [0.25, 0.3) is 0 Å². The second-order valence-electron chi connectivity index (χ2n) is 6.22. The largest absolute Gasteiger partial charge is 0.351 e. The number of hydrogen-bond acceptors (Lipinski definition) is 4. The Morgan fingerprint density at radius 1 is 1.31 bits per heavy atom. The normalized spacial score (nSPS) is 17.1. The summed E-state index contributed by atoms with van der Waals surface area (Å²) in [6.45, 7) is 4.70. The third-order valence-electron chi connectivity index (χ3n) is 4.29. The summed E-state index contributed by atoms with van der Waals surface area (Å²) in [5, 5.41) is 3.43. The molecule has 1 aliphatic rings. The lowest BCUT2D eigenvalue weighted by Gasteiger charge is -2.21. The molecule has 0 aliphatic carbocycles. The summed E-state index contributed by atoms with van der Waals surface area (Å²) in [5.41, 5.74) is 0.990. The zero-order valence-corrected chi connectivity index (χ0v) is 18.4. The topological polar surface area (TPSA) is 53.4 Å². The third-order valence-corrected chi connectivity index (χ3v) is 5.53. The van der Waals surface area contributed by atoms with Gasteiger partial charge in [-0.3, -0.25) is 4.99 Å². The van der Waals surface area contributed by atoms with Gasteiger partial charge in [-0.05, 0) is 37.5 Å². The molecule has 1 saturated heterocycles. The van der Waals surface area contributed by atoms with Crippen molar-refractivity contribution >= 4 is 41.7 Å². The number of aryl methyl sites for hydroxylation is 1. The Balaban J connectivity index is 0.00000243. The van der Waals surface area contributed by atoms with E-state index in [1.807, 2.05) is 31.8 Å². The van der Waals surface area contributed by atoms with Gasteiger partial charge in [0, 0.05) is 37.0 Å². The first kappa shape index (κ1) is 21.0. The molecule has 2 heterocycles. The molecule has 1 atom stereocenters. The molecule has 0 spiro atoms. The number of nitrogens with zero attached hydrogens (tertiary/aromatic N) is 4. The van der Waals surface area contributed by atoms with Crippen LogP contribution in [0.5, 0.6) is 0 Å². The lowest BCUT2D eigenvalue weighted by Crippen LogP contribution is -2.39. The van der Waals surface area contributed by atoms with Crippen LogP contribution in [0.2, 0.25) is 0 Å². The average molecular weight is 483 g/mol. The number of aliphatic imine (C=N–C) groups is 1. The zero-order chi connectivity index (χ0) is 17.5. The van der Waals surface area contributed by atoms with Gasteiger partial charge >= 0.3 is 0 Å². The first-order valence-electron chi connectivity index (χ1n) is 8.66. The van der Waals surface area contributed by atoms with E-state index in [0.717, 1.165) is 36.3 Å². The van der Waals surface area contributed by atoms with Crippen LogP contribution < -0.4 is 5.32 Å². The summed E-state index contributed by atoms with van der Waals surface area (Å²) in [7, 11) is 1.85. The second-order valence-corrected chi connectivity index (χ2v) is 7.31. The van der Waals surface area contributed by atoms with E-state index in [0.29, 0.717) is 12.5 Å². The van der Waals surface area contributed by atoms with Crippen LogP contribution in [0.1, 0.15) is 17.9 Å². The fourth-order valence-corrected chi connectivity index (χ4v) is 4.05. The Labute approximate surface area is 177 Å². The SMILES string of the molecule is CN=C(NCc1ccnc(C)n1)N1CCC(CSc2ccccc2)C1.I. The third kappa shape index (κ3) is 6.12. The van der Waals surface area contributed by atoms with E-state index in [1.165, 1.54) is 11.3 Å². The van der Waals surface area contributed by atoms with Crippen molar-refractivity contribution < 1.29 is 0 Å². The van der Waals surface area contributed by atoms with E-state index in [2.05, 4.69) is 55.5 Å². The molecule has 0 saturated carbocycles. The van der Waals surface area contributed by atoms with Gasteiger partial charge in [0.2, 0.25) is 0 Å². The van der Waals surface area contributed by atoms with Crippen LogP contribution in [-0.2, 0) is 6.54 Å². The molecule has 1 fully saturated rings. The van der Waals surface area contributed by atoms with Crippen molar-refractivity contribution in [3.05, 3.63) is 54.1 Å². The van der Waals surface area contributed by atoms with Crippen molar-refractivity contribution in [2.75, 3.05) is 25.9 Å². The van der Waals surface area contributed by atoms with Crippen molar-refractivity contribution in [3.63, 3.8) is 0 Å². The highest BCUT2D eigenvalue weighted by molar-refractivity contribution is 14.0. The van der Waals surface area contributed by atoms with Crippen molar-refractivity contribution in [2.45, 2.75) is 24.8 Å². The molecule has 1 N–H and O–H groups in total. The number of likely N-dealkylation sites (tertiary alicyclic amines) is 1. The molecular weight excluding hydrogens is 457 g/mol. The first-order valence-corrected chi connectivity index (χ1v) is 9.65. The minimum atomic E-state index is 0. The predicted octanol–water partition coefficient (Wildman–Crippen LogP) is 3.59. The Morgan fingerprint density at radius 2 is 2.12 bits per heavy atom. The molecule has 3 rings (SSSR count). The molecule has 140 valence electrons. The van der Waals surface area contributed by atoms with Crippen LogP contribution in [0.4, 0.5) is 0 Å². The summed E-state index contributed by atoms with van der Waals surface area (Å²) in [4.78, 5) is 16.7. The van der Waals surface area contributed by atoms with Gasteiger partial charge < -0.3 is 10.2 Å². The minimum absolute atomic E-state index is 0. The van der Waals surface area contributed by atoms with E-state index < -0.39 is 0 Å². The number of thioether (sulfide) groups is 1. The van der Waals surface area contributed by atoms with Gasteiger partial charge in [-0.25, -0.2) is 9.97 Å². The average Bonchev–Trinajstić information content (AvgIpc) is 3.10. The maximum atomic E-state index is 4.44. The van der Waals surface area contributed by atoms with Crippen LogP contribution >= 0.6 is 35.7 Å². The predicted molar refractivity (Wildman–Crippen MR) is 119 cm³/mol. The Bertz CT molecular complexity index is 710. The molecule has 2 aromatic rings. The fourth-order valence-electron chi connectivity index (χ4n) is 3.00. The highest BCUT2D eigenvalue weighted by Gasteiger charge is 2.24. The van der Waals surface area contributed by atoms with E-state index in [1.54, 1.807) is 6.20 Å². The second kappa shape index (κ2) is 10.7. The smallest absolute Gasteiger partial charge is 0.193 e. The molecule has 0 radical (unpaired) electrons. The summed E-state index contributed by atoms with van der Waals surface area (Å²) in [5.74, 6) is 3.62. The zero-order valence-electron chi connectivity index (χ0n) is 15.3. The number of guanidine groups is 1. The molecule has 0 bridgehead atoms. The summed E-state index contributed by atoms with van der Waals surface area (Å²) in [6.07, 6.45) is 3.02. The van der Waals surface area contributed by atoms with Gasteiger partial charge in [0.1, 0.15) is 5.82 Å². The molecule has 1 unspecified atom stereocenters. The summed E-state index contributed by atoms with van der Waals surface area (Å²) >= 11 is 1.95. The van der Waals surface area contributed by atoms with E-state index in [-0.39, 0.29) is 24.0 Å². The molecule has 26 heavy (non-hydrogen) atoms. The van der Waals surface area contributed by atoms with Crippen LogP contribution in [0.15, 0.2) is 52.5 Å². The van der Waals surface area contributed by atoms with Crippen LogP contribution in [0.3, 0.4) is 0 Å². The van der Waals surface area contributed by atoms with Crippen molar-refractivity contribution in [1.29, 1.82) is 0 Å². The Morgan fingerprint density at radius 3 is 2.85 bits per heavy atom. The molecule has 0 amide bonds. The van der Waals surface area contributed by atoms with Gasteiger partial charge in [-0.2, -0.15) is 0 Å². The lowest BCUT2D eigenvalue weighted by molar-refractivity contribution is 0.473. The van der Waals surface area contributed by atoms with Crippen molar-refractivity contribution in [2.24, 2.45) is 10.9 Å². The maximum Gasteiger partial charge on any atom is 0.193 e. The highest BCUT2D eigenvalue weighted by Crippen LogP contribution is 2.25. The van der Waals surface area contributed by atoms with Gasteiger partial charge in [-0.15, -0.1) is 35.7 Å². The summed E-state index contributed by atoms with van der Waals surface area (Å²) < 4.78 is 0. The Kier molecular flexibility index (Phi) is 8.64. The van der Waals surface area contributed by atoms with Gasteiger partial charge in [0.05, 0.1) is 12.2 Å². The number of rotatable bonds is 5. The van der Waals surface area contributed by atoms with Crippen LogP contribution in [0, 0.1) is 12.8 Å². The van der Waals surface area contributed by atoms with E-state index in [9.17, 15) is 0 Å². The molecular formula is C19H26IN5S. The fraction of sp³-hybridized carbons (Fsp3) is 0.421. The Hall–Kier alpha value is -1.35. The monoisotopic (exact) mass is 483 g/mol. The van der Waals surface area contributed by atoms with Gasteiger partial charge in [0.15, 0.2) is 5.96 Å². The number of nitrogens with one attached hydrogen (secondary N) is 1. The lowest BCUT2D eigenvalue weighted by atomic mass is 10.2. The molecule has 1 aromatic heterocycles. The maximum absolute atomic E-state index is 4.44. The number of benzene rings is 1. The first-order chi connectivity index (χ1) is 12.2. The highest BCUT2D eigenvalue weighted by atomic mass is 127. The molecule has 5 nitrogen and oxygen atoms in total. The molecule has 7 heteroatoms. The molecule has 1 aliphatic heterocycles. The van der Waals surface area contributed by atoms with Crippen molar-refractivity contribution in [3.8, 4) is 0 Å². The van der Waals surface area contributed by atoms with E-state index in [4.69, 9.17) is 0 Å². The quantitative estimate of drug-likeness (QED) is 0.305. The number of halogens is 1. The summed E-state index contributed by atoms with van der Waals surface area (Å²) in [6, 6.07) is 12.6. The molecule has 1 aromatic carbocycles. The number of aromatic nitrogens is 2.